The number of hydrogen-bond acceptors (Lipinski definition) is 3. The van der Waals surface area contributed by atoms with Crippen LogP contribution in [0.25, 0.3) is 0 Å². The fourth-order valence-corrected chi connectivity index (χ4v) is 5.26. The molecule has 3 heteroatoms. The van der Waals surface area contributed by atoms with Crippen LogP contribution in [0.3, 0.4) is 0 Å². The average molecular weight is 335 g/mol. The molecule has 1 N–H and O–H groups in total. The van der Waals surface area contributed by atoms with Gasteiger partial charge in [-0.3, -0.25) is 0 Å². The highest BCUT2D eigenvalue weighted by atomic mass is 16.5. The number of methoxy groups -OCH3 is 1. The third-order valence-electron chi connectivity index (χ3n) is 7.11. The van der Waals surface area contributed by atoms with Crippen molar-refractivity contribution >= 4 is 5.97 Å². The molecule has 0 aromatic heterocycles. The fraction of sp³-hybridized carbons (Fsp3) is 0.762. The summed E-state index contributed by atoms with van der Waals surface area (Å²) in [4.78, 5) is 12.3. The van der Waals surface area contributed by atoms with Gasteiger partial charge >= 0.3 is 5.97 Å². The topological polar surface area (TPSA) is 46.5 Å². The zero-order valence-electron chi connectivity index (χ0n) is 16.0. The lowest BCUT2D eigenvalue weighted by Gasteiger charge is -2.57. The molecule has 0 heterocycles. The van der Waals surface area contributed by atoms with E-state index in [1.54, 1.807) is 0 Å². The molecule has 0 aromatic carbocycles. The van der Waals surface area contributed by atoms with Crippen LogP contribution in [0.5, 0.6) is 0 Å². The van der Waals surface area contributed by atoms with E-state index in [-0.39, 0.29) is 23.4 Å². The van der Waals surface area contributed by atoms with E-state index in [1.165, 1.54) is 12.7 Å². The van der Waals surface area contributed by atoms with Crippen molar-refractivity contribution in [2.75, 3.05) is 13.7 Å². The lowest BCUT2D eigenvalue weighted by Crippen LogP contribution is -2.51. The van der Waals surface area contributed by atoms with Crippen LogP contribution in [0, 0.1) is 22.7 Å². The first-order chi connectivity index (χ1) is 11.3. The van der Waals surface area contributed by atoms with Gasteiger partial charge in [-0.25, -0.2) is 4.79 Å². The van der Waals surface area contributed by atoms with Crippen LogP contribution in [0.1, 0.15) is 66.2 Å². The summed E-state index contributed by atoms with van der Waals surface area (Å²) in [6.45, 7) is 9.30. The van der Waals surface area contributed by atoms with Gasteiger partial charge in [0.2, 0.25) is 0 Å². The summed E-state index contributed by atoms with van der Waals surface area (Å²) in [6, 6.07) is 0. The van der Waals surface area contributed by atoms with E-state index in [2.05, 4.69) is 33.8 Å². The molecule has 24 heavy (non-hydrogen) atoms. The van der Waals surface area contributed by atoms with E-state index >= 15 is 0 Å². The summed E-state index contributed by atoms with van der Waals surface area (Å²) in [5.41, 5.74) is 2.31. The van der Waals surface area contributed by atoms with Crippen LogP contribution in [-0.4, -0.2) is 24.8 Å². The predicted molar refractivity (Wildman–Crippen MR) is 97.5 cm³/mol. The van der Waals surface area contributed by atoms with Crippen molar-refractivity contribution < 1.29 is 14.6 Å². The normalized spacial score (nSPS) is 36.8. The van der Waals surface area contributed by atoms with Crippen molar-refractivity contribution in [3.63, 3.8) is 0 Å². The van der Waals surface area contributed by atoms with Crippen LogP contribution >= 0.6 is 0 Å². The number of ether oxygens (including phenoxy) is 1. The van der Waals surface area contributed by atoms with E-state index in [1.807, 2.05) is 6.08 Å². The van der Waals surface area contributed by atoms with Crippen molar-refractivity contribution in [3.05, 3.63) is 23.3 Å². The third kappa shape index (κ3) is 3.33. The predicted octanol–water partition coefficient (Wildman–Crippen LogP) is 4.66. The Balaban J connectivity index is 2.31. The molecule has 2 rings (SSSR count). The van der Waals surface area contributed by atoms with Crippen LogP contribution in [0.2, 0.25) is 0 Å². The lowest BCUT2D eigenvalue weighted by molar-refractivity contribution is -0.140. The molecular formula is C21H34O3. The molecule has 2 aliphatic rings. The number of aliphatic hydroxyl groups excluding tert-OH is 1. The Kier molecular flexibility index (Phi) is 5.95. The van der Waals surface area contributed by atoms with Gasteiger partial charge in [0, 0.05) is 11.0 Å². The number of carbonyl (C=O) groups is 1. The van der Waals surface area contributed by atoms with Gasteiger partial charge < -0.3 is 9.84 Å². The Morgan fingerprint density at radius 3 is 2.75 bits per heavy atom. The van der Waals surface area contributed by atoms with E-state index in [4.69, 9.17) is 9.84 Å². The molecule has 0 unspecified atom stereocenters. The smallest absolute Gasteiger partial charge is 0.333 e. The van der Waals surface area contributed by atoms with Crippen molar-refractivity contribution in [1.82, 2.24) is 0 Å². The largest absolute Gasteiger partial charge is 0.466 e. The Hall–Kier alpha value is -1.09. The first kappa shape index (κ1) is 19.2. The second-order valence-electron chi connectivity index (χ2n) is 8.34. The molecule has 136 valence electrons. The number of esters is 1. The highest BCUT2D eigenvalue weighted by molar-refractivity contribution is 5.90. The monoisotopic (exact) mass is 334 g/mol. The molecule has 4 atom stereocenters. The number of rotatable bonds is 5. The molecule has 0 amide bonds. The molecule has 0 spiro atoms. The maximum Gasteiger partial charge on any atom is 0.333 e. The summed E-state index contributed by atoms with van der Waals surface area (Å²) < 4.78 is 5.08. The minimum absolute atomic E-state index is 0.0683. The standard InChI is InChI=1S/C21H34O3/c1-15(11-14-22)9-12-20(3)16(2)10-13-21(4)17(19(23)24-5)7-6-8-18(20)21/h7,11,16,18,22H,6,8-10,12-14H2,1-5H3/b15-11+/t16-,18-,20+,21+/m1/s1. The van der Waals surface area contributed by atoms with Crippen molar-refractivity contribution in [3.8, 4) is 0 Å². The second-order valence-corrected chi connectivity index (χ2v) is 8.34. The Bertz CT molecular complexity index is 533. The molecular weight excluding hydrogens is 300 g/mol. The van der Waals surface area contributed by atoms with Crippen molar-refractivity contribution in [1.29, 1.82) is 0 Å². The highest BCUT2D eigenvalue weighted by Crippen LogP contribution is 2.62. The van der Waals surface area contributed by atoms with Gasteiger partial charge in [0.1, 0.15) is 0 Å². The molecule has 3 nitrogen and oxygen atoms in total. The van der Waals surface area contributed by atoms with E-state index in [0.29, 0.717) is 11.8 Å². The summed E-state index contributed by atoms with van der Waals surface area (Å²) >= 11 is 0. The second kappa shape index (κ2) is 7.43. The van der Waals surface area contributed by atoms with Crippen LogP contribution in [0.4, 0.5) is 0 Å². The quantitative estimate of drug-likeness (QED) is 0.587. The number of carbonyl (C=O) groups excluding carboxylic acids is 1. The van der Waals surface area contributed by atoms with Gasteiger partial charge in [-0.05, 0) is 62.7 Å². The average Bonchev–Trinajstić information content (AvgIpc) is 2.56. The van der Waals surface area contributed by atoms with Crippen molar-refractivity contribution in [2.24, 2.45) is 22.7 Å². The minimum atomic E-state index is -0.143. The first-order valence-corrected chi connectivity index (χ1v) is 9.35. The van der Waals surface area contributed by atoms with E-state index in [9.17, 15) is 4.79 Å². The first-order valence-electron chi connectivity index (χ1n) is 9.35. The molecule has 0 aliphatic heterocycles. The zero-order valence-corrected chi connectivity index (χ0v) is 16.0. The Morgan fingerprint density at radius 1 is 1.42 bits per heavy atom. The number of fused-ring (bicyclic) bond motifs is 1. The number of allylic oxidation sites excluding steroid dienone is 2. The van der Waals surface area contributed by atoms with Crippen LogP contribution < -0.4 is 0 Å². The van der Waals surface area contributed by atoms with Crippen LogP contribution in [0.15, 0.2) is 23.3 Å². The Morgan fingerprint density at radius 2 is 2.12 bits per heavy atom. The molecule has 0 aromatic rings. The van der Waals surface area contributed by atoms with Gasteiger partial charge in [0.05, 0.1) is 13.7 Å². The zero-order chi connectivity index (χ0) is 18.0. The SMILES string of the molecule is COC(=O)C1=CCC[C@@H]2[C@@](C)(CC/C(C)=C/CO)[C@H](C)CC[C@@]12C. The molecule has 1 saturated carbocycles. The summed E-state index contributed by atoms with van der Waals surface area (Å²) in [7, 11) is 1.49. The van der Waals surface area contributed by atoms with Crippen molar-refractivity contribution in [2.45, 2.75) is 66.2 Å². The molecule has 0 radical (unpaired) electrons. The van der Waals surface area contributed by atoms with Gasteiger partial charge in [-0.2, -0.15) is 0 Å². The molecule has 1 fully saturated rings. The maximum atomic E-state index is 12.3. The lowest BCUT2D eigenvalue weighted by atomic mass is 9.46. The summed E-state index contributed by atoms with van der Waals surface area (Å²) in [5.74, 6) is 1.01. The van der Waals surface area contributed by atoms with Gasteiger partial charge in [-0.15, -0.1) is 0 Å². The highest BCUT2D eigenvalue weighted by Gasteiger charge is 2.55. The fourth-order valence-electron chi connectivity index (χ4n) is 5.26. The van der Waals surface area contributed by atoms with E-state index < -0.39 is 0 Å². The minimum Gasteiger partial charge on any atom is -0.466 e. The summed E-state index contributed by atoms with van der Waals surface area (Å²) in [5, 5.41) is 9.11. The van der Waals surface area contributed by atoms with Gasteiger partial charge in [-0.1, -0.05) is 38.5 Å². The van der Waals surface area contributed by atoms with Gasteiger partial charge in [0.25, 0.3) is 0 Å². The number of hydrogen-bond donors (Lipinski definition) is 1. The van der Waals surface area contributed by atoms with Gasteiger partial charge in [0.15, 0.2) is 0 Å². The maximum absolute atomic E-state index is 12.3. The third-order valence-corrected chi connectivity index (χ3v) is 7.11. The van der Waals surface area contributed by atoms with Crippen LogP contribution in [-0.2, 0) is 9.53 Å². The molecule has 2 aliphatic carbocycles. The molecule has 0 saturated heterocycles. The Labute approximate surface area is 147 Å². The van der Waals surface area contributed by atoms with E-state index in [0.717, 1.165) is 44.1 Å². The molecule has 0 bridgehead atoms. The summed E-state index contributed by atoms with van der Waals surface area (Å²) in [6.07, 6.45) is 10.5. The number of aliphatic hydroxyl groups is 1.